The smallest absolute Gasteiger partial charge is 0.329 e. The highest BCUT2D eigenvalue weighted by molar-refractivity contribution is 7.59. The lowest BCUT2D eigenvalue weighted by molar-refractivity contribution is -0.142. The molecule has 1 aromatic carbocycles. The zero-order valence-electron chi connectivity index (χ0n) is 16.2. The zero-order valence-corrected chi connectivity index (χ0v) is 17.2. The van der Waals surface area contributed by atoms with Gasteiger partial charge < -0.3 is 25.5 Å². The molecule has 4 N–H and O–H groups in total. The van der Waals surface area contributed by atoms with Gasteiger partial charge in [0.25, 0.3) is 0 Å². The maximum atomic E-state index is 11.9. The van der Waals surface area contributed by atoms with Gasteiger partial charge in [-0.1, -0.05) is 30.3 Å². The first kappa shape index (κ1) is 21.6. The Hall–Kier alpha value is -3.11. The van der Waals surface area contributed by atoms with E-state index in [-0.39, 0.29) is 32.6 Å². The summed E-state index contributed by atoms with van der Waals surface area (Å²) in [6.07, 6.45) is 1.53. The molecule has 158 valence electrons. The summed E-state index contributed by atoms with van der Waals surface area (Å²) >= 11 is 0. The van der Waals surface area contributed by atoms with Crippen LogP contribution in [0.15, 0.2) is 36.4 Å². The third-order valence-electron chi connectivity index (χ3n) is 4.89. The van der Waals surface area contributed by atoms with Gasteiger partial charge in [-0.25, -0.2) is 14.8 Å². The maximum absolute atomic E-state index is 11.9. The number of carboxylic acid groups (broad SMARTS) is 1. The minimum absolute atomic E-state index is 0. The number of aromatic nitrogens is 3. The van der Waals surface area contributed by atoms with Crippen molar-refractivity contribution in [2.24, 2.45) is 5.73 Å². The molecule has 0 aliphatic carbocycles. The molecular formula is C20H23N5O4S. The summed E-state index contributed by atoms with van der Waals surface area (Å²) in [7, 11) is 0. The molecule has 0 unspecified atom stereocenters. The van der Waals surface area contributed by atoms with Crippen molar-refractivity contribution in [2.45, 2.75) is 25.5 Å². The van der Waals surface area contributed by atoms with Crippen LogP contribution < -0.4 is 10.6 Å². The number of fused-ring (bicyclic) bond motifs is 1. The fourth-order valence-corrected chi connectivity index (χ4v) is 3.63. The van der Waals surface area contributed by atoms with Gasteiger partial charge in [0.1, 0.15) is 24.1 Å². The van der Waals surface area contributed by atoms with E-state index in [2.05, 4.69) is 9.97 Å². The lowest BCUT2D eigenvalue weighted by atomic mass is 10.2. The van der Waals surface area contributed by atoms with E-state index < -0.39 is 12.0 Å². The van der Waals surface area contributed by atoms with Crippen LogP contribution in [0.4, 0.5) is 5.82 Å². The van der Waals surface area contributed by atoms with Crippen LogP contribution in [0.3, 0.4) is 0 Å². The highest BCUT2D eigenvalue weighted by Gasteiger charge is 2.32. The summed E-state index contributed by atoms with van der Waals surface area (Å²) in [5.41, 5.74) is 7.73. The van der Waals surface area contributed by atoms with E-state index in [4.69, 9.17) is 20.6 Å². The normalized spacial score (nSPS) is 15.9. The molecule has 3 aromatic rings. The van der Waals surface area contributed by atoms with Crippen molar-refractivity contribution in [1.82, 2.24) is 15.0 Å². The number of benzene rings is 1. The van der Waals surface area contributed by atoms with Crippen LogP contribution in [0.5, 0.6) is 0 Å². The van der Waals surface area contributed by atoms with Gasteiger partial charge >= 0.3 is 5.97 Å². The number of ether oxygens (including phenoxy) is 1. The predicted octanol–water partition coefficient (Wildman–Crippen LogP) is 1.79. The average molecular weight is 430 g/mol. The van der Waals surface area contributed by atoms with Crippen molar-refractivity contribution >= 4 is 42.2 Å². The Kier molecular flexibility index (Phi) is 6.58. The number of hydrogen-bond acceptors (Lipinski definition) is 6. The Morgan fingerprint density at radius 2 is 2.03 bits per heavy atom. The second-order valence-corrected chi connectivity index (χ2v) is 6.93. The molecule has 0 radical (unpaired) electrons. The lowest BCUT2D eigenvalue weighted by Crippen LogP contribution is -2.40. The SMILES string of the molecule is NC(=O)[C@@H]1CCCN1c1nc(-c2ccccc2)nc2[nH]c(COCC(=O)O)cc12.S. The quantitative estimate of drug-likeness (QED) is 0.521. The van der Waals surface area contributed by atoms with Gasteiger partial charge in [-0.05, 0) is 18.9 Å². The number of anilines is 1. The molecule has 2 aromatic heterocycles. The van der Waals surface area contributed by atoms with Crippen molar-refractivity contribution in [3.05, 3.63) is 42.1 Å². The van der Waals surface area contributed by atoms with Crippen molar-refractivity contribution in [3.63, 3.8) is 0 Å². The van der Waals surface area contributed by atoms with Crippen LogP contribution in [0.2, 0.25) is 0 Å². The molecule has 1 fully saturated rings. The number of carbonyl (C=O) groups is 2. The molecule has 1 aliphatic heterocycles. The largest absolute Gasteiger partial charge is 0.480 e. The molecule has 0 saturated carbocycles. The van der Waals surface area contributed by atoms with E-state index in [1.807, 2.05) is 41.3 Å². The number of nitrogens with two attached hydrogens (primary N) is 1. The standard InChI is InChI=1S/C20H21N5O4.H2S/c21-17(28)15-7-4-8-25(15)20-14-9-13(10-29-11-16(26)27)22-19(14)23-18(24-20)12-5-2-1-3-6-12;/h1-3,5-6,9,15H,4,7-8,10-11H2,(H2,21,28)(H,26,27)(H,22,23,24);1H2/t15-;/m0./s1. The predicted molar refractivity (Wildman–Crippen MR) is 117 cm³/mol. The number of primary amides is 1. The molecule has 1 aliphatic rings. The fraction of sp³-hybridized carbons (Fsp3) is 0.300. The van der Waals surface area contributed by atoms with Crippen LogP contribution in [0.1, 0.15) is 18.5 Å². The molecule has 1 amide bonds. The minimum Gasteiger partial charge on any atom is -0.480 e. The summed E-state index contributed by atoms with van der Waals surface area (Å²) < 4.78 is 5.18. The molecule has 0 spiro atoms. The molecule has 1 atom stereocenters. The van der Waals surface area contributed by atoms with Crippen LogP contribution in [0, 0.1) is 0 Å². The number of nitrogens with one attached hydrogen (secondary N) is 1. The van der Waals surface area contributed by atoms with E-state index in [0.717, 1.165) is 17.4 Å². The molecule has 9 nitrogen and oxygen atoms in total. The first-order valence-electron chi connectivity index (χ1n) is 9.33. The lowest BCUT2D eigenvalue weighted by Gasteiger charge is -2.24. The monoisotopic (exact) mass is 429 g/mol. The Morgan fingerprint density at radius 3 is 2.73 bits per heavy atom. The average Bonchev–Trinajstić information content (AvgIpc) is 3.34. The van der Waals surface area contributed by atoms with Crippen LogP contribution in [0.25, 0.3) is 22.4 Å². The molecule has 4 rings (SSSR count). The molecule has 3 heterocycles. The zero-order chi connectivity index (χ0) is 20.4. The highest BCUT2D eigenvalue weighted by atomic mass is 32.1. The third kappa shape index (κ3) is 4.39. The van der Waals surface area contributed by atoms with Gasteiger partial charge in [0, 0.05) is 17.8 Å². The minimum atomic E-state index is -1.03. The first-order valence-corrected chi connectivity index (χ1v) is 9.33. The van der Waals surface area contributed by atoms with Crippen molar-refractivity contribution in [2.75, 3.05) is 18.1 Å². The molecule has 10 heteroatoms. The number of hydrogen-bond donors (Lipinski definition) is 3. The summed E-state index contributed by atoms with van der Waals surface area (Å²) in [6.45, 7) is 0.380. The number of rotatable bonds is 7. The van der Waals surface area contributed by atoms with Crippen LogP contribution in [-0.4, -0.2) is 51.1 Å². The summed E-state index contributed by atoms with van der Waals surface area (Å²) in [5, 5.41) is 9.50. The number of carbonyl (C=O) groups excluding carboxylic acids is 1. The van der Waals surface area contributed by atoms with E-state index in [1.165, 1.54) is 0 Å². The maximum Gasteiger partial charge on any atom is 0.329 e. The van der Waals surface area contributed by atoms with E-state index >= 15 is 0 Å². The molecule has 0 bridgehead atoms. The highest BCUT2D eigenvalue weighted by Crippen LogP contribution is 2.32. The second kappa shape index (κ2) is 9.14. The Balaban J connectivity index is 0.00000256. The molecule has 30 heavy (non-hydrogen) atoms. The van der Waals surface area contributed by atoms with Gasteiger partial charge in [0.05, 0.1) is 12.0 Å². The van der Waals surface area contributed by atoms with Gasteiger partial charge in [-0.2, -0.15) is 13.5 Å². The van der Waals surface area contributed by atoms with Crippen LogP contribution >= 0.6 is 13.5 Å². The summed E-state index contributed by atoms with van der Waals surface area (Å²) in [4.78, 5) is 37.1. The second-order valence-electron chi connectivity index (χ2n) is 6.93. The number of carboxylic acids is 1. The number of aliphatic carboxylic acids is 1. The first-order chi connectivity index (χ1) is 14.0. The Morgan fingerprint density at radius 1 is 1.27 bits per heavy atom. The number of H-pyrrole nitrogens is 1. The third-order valence-corrected chi connectivity index (χ3v) is 4.89. The fourth-order valence-electron chi connectivity index (χ4n) is 3.63. The van der Waals surface area contributed by atoms with Gasteiger partial charge in [-0.3, -0.25) is 4.79 Å². The van der Waals surface area contributed by atoms with Crippen molar-refractivity contribution in [3.8, 4) is 11.4 Å². The van der Waals surface area contributed by atoms with Gasteiger partial charge in [0.15, 0.2) is 5.82 Å². The van der Waals surface area contributed by atoms with E-state index in [1.54, 1.807) is 0 Å². The molecular weight excluding hydrogens is 406 g/mol. The summed E-state index contributed by atoms with van der Waals surface area (Å²) in [5.74, 6) is -0.246. The summed E-state index contributed by atoms with van der Waals surface area (Å²) in [6, 6.07) is 11.0. The van der Waals surface area contributed by atoms with E-state index in [9.17, 15) is 9.59 Å². The molecule has 1 saturated heterocycles. The number of nitrogens with zero attached hydrogens (tertiary/aromatic N) is 3. The Labute approximate surface area is 179 Å². The number of aromatic amines is 1. The van der Waals surface area contributed by atoms with E-state index in [0.29, 0.717) is 35.9 Å². The van der Waals surface area contributed by atoms with Crippen molar-refractivity contribution < 1.29 is 19.4 Å². The van der Waals surface area contributed by atoms with Gasteiger partial charge in [-0.15, -0.1) is 0 Å². The number of amides is 1. The van der Waals surface area contributed by atoms with Crippen LogP contribution in [-0.2, 0) is 20.9 Å². The topological polar surface area (TPSA) is 134 Å². The van der Waals surface area contributed by atoms with Crippen molar-refractivity contribution in [1.29, 1.82) is 0 Å². The van der Waals surface area contributed by atoms with Gasteiger partial charge in [0.2, 0.25) is 5.91 Å². The Bertz CT molecular complexity index is 1060.